The van der Waals surface area contributed by atoms with Gasteiger partial charge < -0.3 is 4.90 Å². The van der Waals surface area contributed by atoms with Crippen LogP contribution in [0.15, 0.2) is 18.2 Å². The SMILES string of the molecule is N#CCN(C(=O)c1ccc(F)cc1F)C1CCCC1. The van der Waals surface area contributed by atoms with E-state index in [0.717, 1.165) is 37.8 Å². The molecule has 1 aliphatic carbocycles. The van der Waals surface area contributed by atoms with E-state index in [2.05, 4.69) is 0 Å². The van der Waals surface area contributed by atoms with Crippen LogP contribution in [-0.2, 0) is 0 Å². The van der Waals surface area contributed by atoms with E-state index >= 15 is 0 Å². The highest BCUT2D eigenvalue weighted by Crippen LogP contribution is 2.25. The fourth-order valence-electron chi connectivity index (χ4n) is 2.48. The molecule has 0 heterocycles. The first kappa shape index (κ1) is 13.5. The lowest BCUT2D eigenvalue weighted by Crippen LogP contribution is -2.39. The highest BCUT2D eigenvalue weighted by atomic mass is 19.1. The number of amides is 1. The topological polar surface area (TPSA) is 44.1 Å². The summed E-state index contributed by atoms with van der Waals surface area (Å²) >= 11 is 0. The molecule has 1 aromatic rings. The minimum Gasteiger partial charge on any atom is -0.322 e. The van der Waals surface area contributed by atoms with Crippen LogP contribution < -0.4 is 0 Å². The molecule has 0 aliphatic heterocycles. The lowest BCUT2D eigenvalue weighted by Gasteiger charge is -2.26. The van der Waals surface area contributed by atoms with Crippen LogP contribution in [0.3, 0.4) is 0 Å². The second-order valence-electron chi connectivity index (χ2n) is 4.65. The summed E-state index contributed by atoms with van der Waals surface area (Å²) in [5.41, 5.74) is -0.177. The third-order valence-electron chi connectivity index (χ3n) is 3.43. The highest BCUT2D eigenvalue weighted by molar-refractivity contribution is 5.94. The van der Waals surface area contributed by atoms with Gasteiger partial charge in [-0.05, 0) is 25.0 Å². The van der Waals surface area contributed by atoms with Crippen molar-refractivity contribution in [3.05, 3.63) is 35.4 Å². The van der Waals surface area contributed by atoms with Crippen LogP contribution in [0.5, 0.6) is 0 Å². The molecule has 1 aromatic carbocycles. The Morgan fingerprint density at radius 2 is 2.05 bits per heavy atom. The number of hydrogen-bond acceptors (Lipinski definition) is 2. The van der Waals surface area contributed by atoms with Crippen molar-refractivity contribution in [3.8, 4) is 6.07 Å². The van der Waals surface area contributed by atoms with Gasteiger partial charge in [-0.15, -0.1) is 0 Å². The summed E-state index contributed by atoms with van der Waals surface area (Å²) in [6.07, 6.45) is 3.67. The van der Waals surface area contributed by atoms with E-state index in [1.165, 1.54) is 4.90 Å². The Kier molecular flexibility index (Phi) is 4.10. The van der Waals surface area contributed by atoms with E-state index in [9.17, 15) is 13.6 Å². The second kappa shape index (κ2) is 5.79. The monoisotopic (exact) mass is 264 g/mol. The van der Waals surface area contributed by atoms with Crippen molar-refractivity contribution < 1.29 is 13.6 Å². The molecule has 19 heavy (non-hydrogen) atoms. The van der Waals surface area contributed by atoms with Crippen LogP contribution in [-0.4, -0.2) is 23.4 Å². The Balaban J connectivity index is 2.25. The van der Waals surface area contributed by atoms with E-state index in [4.69, 9.17) is 5.26 Å². The quantitative estimate of drug-likeness (QED) is 0.788. The van der Waals surface area contributed by atoms with E-state index < -0.39 is 17.5 Å². The van der Waals surface area contributed by atoms with Gasteiger partial charge in [0.1, 0.15) is 18.2 Å². The molecule has 3 nitrogen and oxygen atoms in total. The Bertz CT molecular complexity index is 519. The van der Waals surface area contributed by atoms with E-state index in [0.29, 0.717) is 6.07 Å². The van der Waals surface area contributed by atoms with Crippen LogP contribution in [0, 0.1) is 23.0 Å². The smallest absolute Gasteiger partial charge is 0.257 e. The first-order valence-corrected chi connectivity index (χ1v) is 6.26. The average molecular weight is 264 g/mol. The molecule has 0 spiro atoms. The maximum atomic E-state index is 13.6. The maximum absolute atomic E-state index is 13.6. The predicted molar refractivity (Wildman–Crippen MR) is 65.3 cm³/mol. The van der Waals surface area contributed by atoms with Crippen LogP contribution in [0.25, 0.3) is 0 Å². The molecule has 0 aromatic heterocycles. The lowest BCUT2D eigenvalue weighted by molar-refractivity contribution is 0.0704. The van der Waals surface area contributed by atoms with Gasteiger partial charge >= 0.3 is 0 Å². The minimum absolute atomic E-state index is 0.0170. The van der Waals surface area contributed by atoms with Gasteiger partial charge in [0.2, 0.25) is 0 Å². The largest absolute Gasteiger partial charge is 0.322 e. The summed E-state index contributed by atoms with van der Waals surface area (Å²) in [4.78, 5) is 13.7. The Morgan fingerprint density at radius 1 is 1.37 bits per heavy atom. The van der Waals surface area contributed by atoms with Gasteiger partial charge in [-0.2, -0.15) is 5.26 Å². The molecule has 100 valence electrons. The minimum atomic E-state index is -0.883. The van der Waals surface area contributed by atoms with Crippen molar-refractivity contribution in [1.29, 1.82) is 5.26 Å². The molecule has 0 atom stereocenters. The molecule has 1 amide bonds. The Morgan fingerprint density at radius 3 is 2.63 bits per heavy atom. The number of rotatable bonds is 3. The molecule has 0 N–H and O–H groups in total. The fourth-order valence-corrected chi connectivity index (χ4v) is 2.48. The summed E-state index contributed by atoms with van der Waals surface area (Å²) in [5.74, 6) is -2.14. The van der Waals surface area contributed by atoms with Crippen molar-refractivity contribution in [3.63, 3.8) is 0 Å². The first-order valence-electron chi connectivity index (χ1n) is 6.26. The van der Waals surface area contributed by atoms with Crippen molar-refractivity contribution >= 4 is 5.91 Å². The van der Waals surface area contributed by atoms with Crippen molar-refractivity contribution in [1.82, 2.24) is 4.90 Å². The predicted octanol–water partition coefficient (Wildman–Crippen LogP) is 2.87. The van der Waals surface area contributed by atoms with E-state index in [1.54, 1.807) is 0 Å². The van der Waals surface area contributed by atoms with Gasteiger partial charge in [0.05, 0.1) is 11.6 Å². The second-order valence-corrected chi connectivity index (χ2v) is 4.65. The summed E-state index contributed by atoms with van der Waals surface area (Å²) < 4.78 is 26.5. The first-order chi connectivity index (χ1) is 9.13. The van der Waals surface area contributed by atoms with Crippen LogP contribution in [0.4, 0.5) is 8.78 Å². The number of halogens is 2. The molecule has 1 saturated carbocycles. The molecule has 5 heteroatoms. The van der Waals surface area contributed by atoms with Gasteiger partial charge in [0.25, 0.3) is 5.91 Å². The fraction of sp³-hybridized carbons (Fsp3) is 0.429. The molecule has 1 aliphatic rings. The summed E-state index contributed by atoms with van der Waals surface area (Å²) in [6.45, 7) is -0.0691. The van der Waals surface area contributed by atoms with E-state index in [1.807, 2.05) is 6.07 Å². The molecule has 0 radical (unpaired) electrons. The average Bonchev–Trinajstić information content (AvgIpc) is 2.89. The summed E-state index contributed by atoms with van der Waals surface area (Å²) in [5, 5.41) is 8.81. The molecule has 1 fully saturated rings. The number of benzene rings is 1. The van der Waals surface area contributed by atoms with Crippen molar-refractivity contribution in [2.45, 2.75) is 31.7 Å². The van der Waals surface area contributed by atoms with E-state index in [-0.39, 0.29) is 18.2 Å². The molecule has 0 saturated heterocycles. The van der Waals surface area contributed by atoms with Crippen LogP contribution in [0.1, 0.15) is 36.0 Å². The number of nitrogens with zero attached hydrogens (tertiary/aromatic N) is 2. The van der Waals surface area contributed by atoms with Gasteiger partial charge in [-0.25, -0.2) is 8.78 Å². The zero-order valence-electron chi connectivity index (χ0n) is 10.4. The maximum Gasteiger partial charge on any atom is 0.257 e. The highest BCUT2D eigenvalue weighted by Gasteiger charge is 2.28. The summed E-state index contributed by atoms with van der Waals surface area (Å²) in [6, 6.07) is 4.79. The number of nitriles is 1. The van der Waals surface area contributed by atoms with Crippen LogP contribution in [0.2, 0.25) is 0 Å². The molecule has 0 bridgehead atoms. The molecular weight excluding hydrogens is 250 g/mol. The zero-order chi connectivity index (χ0) is 13.8. The van der Waals surface area contributed by atoms with Gasteiger partial charge in [0.15, 0.2) is 0 Å². The lowest BCUT2D eigenvalue weighted by atomic mass is 10.1. The van der Waals surface area contributed by atoms with Gasteiger partial charge in [-0.1, -0.05) is 12.8 Å². The standard InChI is InChI=1S/C14H14F2N2O/c15-10-5-6-12(13(16)9-10)14(19)18(8-7-17)11-3-1-2-4-11/h5-6,9,11H,1-4,8H2. The number of hydrogen-bond donors (Lipinski definition) is 0. The third kappa shape index (κ3) is 2.90. The normalized spacial score (nSPS) is 15.2. The summed E-state index contributed by atoms with van der Waals surface area (Å²) in [7, 11) is 0. The third-order valence-corrected chi connectivity index (χ3v) is 3.43. The number of carbonyl (C=O) groups excluding carboxylic acids is 1. The van der Waals surface area contributed by atoms with Gasteiger partial charge in [-0.3, -0.25) is 4.79 Å². The Hall–Kier alpha value is -1.96. The molecule has 2 rings (SSSR count). The molecular formula is C14H14F2N2O. The van der Waals surface area contributed by atoms with Gasteiger partial charge in [0, 0.05) is 12.1 Å². The number of carbonyl (C=O) groups is 1. The Labute approximate surface area is 110 Å². The van der Waals surface area contributed by atoms with Crippen molar-refractivity contribution in [2.24, 2.45) is 0 Å². The van der Waals surface area contributed by atoms with Crippen LogP contribution >= 0.6 is 0 Å². The zero-order valence-corrected chi connectivity index (χ0v) is 10.4. The van der Waals surface area contributed by atoms with Crippen molar-refractivity contribution in [2.75, 3.05) is 6.54 Å². The molecule has 0 unspecified atom stereocenters.